The fraction of sp³-hybridized carbons (Fsp3) is 0.136. The smallest absolute Gasteiger partial charge is 0.0548 e. The van der Waals surface area contributed by atoms with Gasteiger partial charge in [-0.2, -0.15) is 0 Å². The fourth-order valence-corrected chi connectivity index (χ4v) is 8.00. The van der Waals surface area contributed by atoms with Gasteiger partial charge in [0.05, 0.1) is 22.2 Å². The Balaban J connectivity index is 1.34. The van der Waals surface area contributed by atoms with Crippen molar-refractivity contribution in [3.63, 3.8) is 0 Å². The van der Waals surface area contributed by atoms with Crippen LogP contribution in [0.4, 0.5) is 0 Å². The van der Waals surface area contributed by atoms with Crippen LogP contribution in [0.5, 0.6) is 0 Å². The van der Waals surface area contributed by atoms with E-state index in [0.29, 0.717) is 5.92 Å². The monoisotopic (exact) mass is 592 g/mol. The SMILES string of the molecule is CC1CC=Cc2c1c1c3c4ccccc4n(-c4cccc(-c5ccccc5)c4)c3ccc1n2-c1cccc(C2(C)C=CC=CC2)c1. The van der Waals surface area contributed by atoms with Gasteiger partial charge in [-0.1, -0.05) is 117 Å². The number of fused-ring (bicyclic) bond motifs is 7. The number of hydrogen-bond donors (Lipinski definition) is 0. The van der Waals surface area contributed by atoms with Gasteiger partial charge in [0.2, 0.25) is 0 Å². The van der Waals surface area contributed by atoms with Gasteiger partial charge in [0.15, 0.2) is 0 Å². The predicted octanol–water partition coefficient (Wildman–Crippen LogP) is 11.7. The van der Waals surface area contributed by atoms with E-state index in [9.17, 15) is 0 Å². The van der Waals surface area contributed by atoms with Gasteiger partial charge in [-0.15, -0.1) is 0 Å². The van der Waals surface area contributed by atoms with Gasteiger partial charge >= 0.3 is 0 Å². The maximum absolute atomic E-state index is 2.52. The number of aromatic nitrogens is 2. The minimum Gasteiger partial charge on any atom is -0.310 e. The quantitative estimate of drug-likeness (QED) is 0.192. The maximum Gasteiger partial charge on any atom is 0.0548 e. The molecule has 0 N–H and O–H groups in total. The van der Waals surface area contributed by atoms with Crippen LogP contribution in [0.3, 0.4) is 0 Å². The molecule has 9 rings (SSSR count). The lowest BCUT2D eigenvalue weighted by molar-refractivity contribution is 0.599. The molecule has 2 heterocycles. The van der Waals surface area contributed by atoms with E-state index in [1.54, 1.807) is 0 Å². The largest absolute Gasteiger partial charge is 0.310 e. The Morgan fingerprint density at radius 2 is 1.37 bits per heavy atom. The standard InChI is InChI=1S/C44H36N2/c1-30-14-11-23-38-41(30)43-40(46(38)35-20-13-18-33(29-35)44(2)26-9-4-10-27-44)25-24-39-42(43)36-21-7-8-22-37(36)45(39)34-19-12-17-32(28-34)31-15-5-3-6-16-31/h3-13,15-26,28-30H,14,27H2,1-2H3. The van der Waals surface area contributed by atoms with Crippen LogP contribution in [0, 0.1) is 0 Å². The average Bonchev–Trinajstić information content (AvgIpc) is 3.63. The molecule has 0 saturated heterocycles. The summed E-state index contributed by atoms with van der Waals surface area (Å²) >= 11 is 0. The van der Waals surface area contributed by atoms with Crippen molar-refractivity contribution in [1.29, 1.82) is 0 Å². The summed E-state index contributed by atoms with van der Waals surface area (Å²) in [5.74, 6) is 0.421. The van der Waals surface area contributed by atoms with Crippen molar-refractivity contribution in [3.8, 4) is 22.5 Å². The zero-order chi connectivity index (χ0) is 30.8. The van der Waals surface area contributed by atoms with Crippen LogP contribution in [0.15, 0.2) is 146 Å². The van der Waals surface area contributed by atoms with Crippen molar-refractivity contribution in [3.05, 3.63) is 162 Å². The van der Waals surface area contributed by atoms with Crippen LogP contribution >= 0.6 is 0 Å². The molecule has 2 nitrogen and oxygen atoms in total. The number of allylic oxidation sites excluding steroid dienone is 5. The highest BCUT2D eigenvalue weighted by atomic mass is 15.0. The van der Waals surface area contributed by atoms with Crippen molar-refractivity contribution in [1.82, 2.24) is 9.13 Å². The molecule has 46 heavy (non-hydrogen) atoms. The molecule has 0 radical (unpaired) electrons. The first-order valence-electron chi connectivity index (χ1n) is 16.5. The van der Waals surface area contributed by atoms with Crippen molar-refractivity contribution in [2.45, 2.75) is 38.0 Å². The molecule has 0 fully saturated rings. The lowest BCUT2D eigenvalue weighted by atomic mass is 9.77. The van der Waals surface area contributed by atoms with Crippen molar-refractivity contribution >= 4 is 38.8 Å². The number of benzene rings is 5. The summed E-state index contributed by atoms with van der Waals surface area (Å²) < 4.78 is 4.99. The Kier molecular flexibility index (Phi) is 6.08. The Bertz CT molecular complexity index is 2390. The Hall–Kier alpha value is -5.34. The summed E-state index contributed by atoms with van der Waals surface area (Å²) in [5.41, 5.74) is 12.7. The second-order valence-electron chi connectivity index (χ2n) is 13.3. The zero-order valence-electron chi connectivity index (χ0n) is 26.3. The molecule has 0 spiro atoms. The Morgan fingerprint density at radius 1 is 0.630 bits per heavy atom. The third-order valence-corrected chi connectivity index (χ3v) is 10.3. The van der Waals surface area contributed by atoms with E-state index in [0.717, 1.165) is 12.8 Å². The van der Waals surface area contributed by atoms with Crippen molar-refractivity contribution in [2.24, 2.45) is 0 Å². The van der Waals surface area contributed by atoms with E-state index in [2.05, 4.69) is 175 Å². The number of nitrogens with zero attached hydrogens (tertiary/aromatic N) is 2. The Labute approximate surface area is 270 Å². The third-order valence-electron chi connectivity index (χ3n) is 10.3. The molecule has 2 aromatic heterocycles. The second kappa shape index (κ2) is 10.4. The van der Waals surface area contributed by atoms with E-state index in [-0.39, 0.29) is 5.41 Å². The molecule has 0 bridgehead atoms. The maximum atomic E-state index is 2.52. The highest BCUT2D eigenvalue weighted by Crippen LogP contribution is 2.46. The first-order chi connectivity index (χ1) is 22.6. The van der Waals surface area contributed by atoms with Crippen molar-refractivity contribution < 1.29 is 0 Å². The molecule has 0 amide bonds. The minimum absolute atomic E-state index is 0.00805. The van der Waals surface area contributed by atoms with E-state index < -0.39 is 0 Å². The van der Waals surface area contributed by atoms with Gasteiger partial charge in [-0.05, 0) is 89.6 Å². The second-order valence-corrected chi connectivity index (χ2v) is 13.3. The molecule has 7 aromatic rings. The van der Waals surface area contributed by atoms with Gasteiger partial charge in [-0.25, -0.2) is 0 Å². The Morgan fingerprint density at radius 3 is 2.20 bits per heavy atom. The number of para-hydroxylation sites is 1. The van der Waals surface area contributed by atoms with Gasteiger partial charge in [-0.3, -0.25) is 0 Å². The predicted molar refractivity (Wildman–Crippen MR) is 195 cm³/mol. The molecule has 2 heteroatoms. The van der Waals surface area contributed by atoms with Gasteiger partial charge in [0, 0.05) is 32.9 Å². The molecule has 2 unspecified atom stereocenters. The molecule has 0 saturated carbocycles. The van der Waals surface area contributed by atoms with E-state index in [1.807, 2.05) is 0 Å². The van der Waals surface area contributed by atoms with Gasteiger partial charge < -0.3 is 9.13 Å². The molecular formula is C44H36N2. The van der Waals surface area contributed by atoms with Crippen LogP contribution in [-0.2, 0) is 5.41 Å². The summed E-state index contributed by atoms with van der Waals surface area (Å²) in [6.07, 6.45) is 15.8. The van der Waals surface area contributed by atoms with E-state index in [4.69, 9.17) is 0 Å². The molecule has 5 aromatic carbocycles. The average molecular weight is 593 g/mol. The molecule has 2 aliphatic carbocycles. The highest BCUT2D eigenvalue weighted by molar-refractivity contribution is 6.23. The van der Waals surface area contributed by atoms with Gasteiger partial charge in [0.1, 0.15) is 0 Å². The summed E-state index contributed by atoms with van der Waals surface area (Å²) in [5, 5.41) is 4.03. The van der Waals surface area contributed by atoms with Crippen molar-refractivity contribution in [2.75, 3.05) is 0 Å². The van der Waals surface area contributed by atoms with Crippen LogP contribution in [0.2, 0.25) is 0 Å². The first kappa shape index (κ1) is 27.0. The number of hydrogen-bond acceptors (Lipinski definition) is 0. The lowest BCUT2D eigenvalue weighted by Crippen LogP contribution is -2.19. The molecule has 2 aliphatic rings. The first-order valence-corrected chi connectivity index (χ1v) is 16.5. The van der Waals surface area contributed by atoms with Gasteiger partial charge in [0.25, 0.3) is 0 Å². The topological polar surface area (TPSA) is 9.86 Å². The normalized spacial score (nSPS) is 19.0. The minimum atomic E-state index is -0.00805. The van der Waals surface area contributed by atoms with Crippen LogP contribution in [0.25, 0.3) is 61.3 Å². The lowest BCUT2D eigenvalue weighted by Gasteiger charge is -2.28. The zero-order valence-corrected chi connectivity index (χ0v) is 26.3. The van der Waals surface area contributed by atoms with Crippen LogP contribution < -0.4 is 0 Å². The number of rotatable bonds is 4. The summed E-state index contributed by atoms with van der Waals surface area (Å²) in [6, 6.07) is 42.5. The van der Waals surface area contributed by atoms with Crippen LogP contribution in [-0.4, -0.2) is 9.13 Å². The van der Waals surface area contributed by atoms with Crippen LogP contribution in [0.1, 0.15) is 49.4 Å². The molecular weight excluding hydrogens is 556 g/mol. The summed E-state index contributed by atoms with van der Waals surface area (Å²) in [7, 11) is 0. The third kappa shape index (κ3) is 4.03. The molecule has 2 atom stereocenters. The molecule has 222 valence electrons. The van der Waals surface area contributed by atoms with E-state index >= 15 is 0 Å². The summed E-state index contributed by atoms with van der Waals surface area (Å²) in [6.45, 7) is 4.74. The highest BCUT2D eigenvalue weighted by Gasteiger charge is 2.28. The fourth-order valence-electron chi connectivity index (χ4n) is 8.00. The molecule has 0 aliphatic heterocycles. The van der Waals surface area contributed by atoms with E-state index in [1.165, 1.54) is 72.0 Å². The summed E-state index contributed by atoms with van der Waals surface area (Å²) in [4.78, 5) is 0.